The van der Waals surface area contributed by atoms with E-state index < -0.39 is 0 Å². The Kier molecular flexibility index (Phi) is 4.23. The van der Waals surface area contributed by atoms with Crippen LogP contribution >= 0.6 is 11.3 Å². The van der Waals surface area contributed by atoms with Gasteiger partial charge in [0.2, 0.25) is 0 Å². The van der Waals surface area contributed by atoms with Crippen molar-refractivity contribution in [1.82, 2.24) is 10.3 Å². The average molecular weight is 250 g/mol. The molecule has 0 amide bonds. The first-order valence-corrected chi connectivity index (χ1v) is 6.48. The van der Waals surface area contributed by atoms with Crippen LogP contribution in [0.15, 0.2) is 29.8 Å². The first-order chi connectivity index (χ1) is 8.25. The fourth-order valence-electron chi connectivity index (χ4n) is 1.62. The Hall–Kier alpha value is -1.26. The van der Waals surface area contributed by atoms with E-state index >= 15 is 0 Å². The topological polar surface area (TPSA) is 24.9 Å². The molecule has 17 heavy (non-hydrogen) atoms. The molecule has 2 nitrogen and oxygen atoms in total. The van der Waals surface area contributed by atoms with Gasteiger partial charge in [-0.3, -0.25) is 0 Å². The molecule has 0 saturated heterocycles. The van der Waals surface area contributed by atoms with Crippen molar-refractivity contribution in [3.8, 4) is 0 Å². The highest BCUT2D eigenvalue weighted by atomic mass is 32.1. The van der Waals surface area contributed by atoms with Crippen molar-refractivity contribution in [2.24, 2.45) is 0 Å². The predicted octanol–water partition coefficient (Wildman–Crippen LogP) is 2.92. The van der Waals surface area contributed by atoms with Gasteiger partial charge in [-0.05, 0) is 24.1 Å². The van der Waals surface area contributed by atoms with Crippen LogP contribution in [0.4, 0.5) is 4.39 Å². The molecular weight excluding hydrogens is 235 g/mol. The molecule has 0 atom stereocenters. The molecule has 1 N–H and O–H groups in total. The molecule has 1 heterocycles. The number of aryl methyl sites for hydroxylation is 1. The summed E-state index contributed by atoms with van der Waals surface area (Å²) < 4.78 is 13.0. The lowest BCUT2D eigenvalue weighted by Gasteiger charge is -2.05. The van der Waals surface area contributed by atoms with Crippen LogP contribution < -0.4 is 5.32 Å². The van der Waals surface area contributed by atoms with E-state index in [2.05, 4.69) is 10.3 Å². The van der Waals surface area contributed by atoms with E-state index in [0.29, 0.717) is 5.56 Å². The van der Waals surface area contributed by atoms with Crippen molar-refractivity contribution in [3.63, 3.8) is 0 Å². The Labute approximate surface area is 105 Å². The van der Waals surface area contributed by atoms with E-state index in [1.54, 1.807) is 18.3 Å². The number of nitrogens with zero attached hydrogens (tertiary/aromatic N) is 1. The molecule has 0 bridgehead atoms. The van der Waals surface area contributed by atoms with Gasteiger partial charge >= 0.3 is 0 Å². The van der Waals surface area contributed by atoms with Crippen LogP contribution in [0.1, 0.15) is 16.1 Å². The van der Waals surface area contributed by atoms with Crippen LogP contribution in [0.2, 0.25) is 0 Å². The number of thiazole rings is 1. The van der Waals surface area contributed by atoms with Crippen LogP contribution in [0, 0.1) is 12.7 Å². The van der Waals surface area contributed by atoms with Crippen LogP contribution in [-0.2, 0) is 13.0 Å². The van der Waals surface area contributed by atoms with E-state index in [9.17, 15) is 4.39 Å². The third-order valence-corrected chi connectivity index (χ3v) is 3.39. The van der Waals surface area contributed by atoms with E-state index in [4.69, 9.17) is 0 Å². The summed E-state index contributed by atoms with van der Waals surface area (Å²) in [7, 11) is 0. The lowest BCUT2D eigenvalue weighted by atomic mass is 10.1. The normalized spacial score (nSPS) is 10.7. The van der Waals surface area contributed by atoms with Gasteiger partial charge < -0.3 is 5.32 Å². The highest BCUT2D eigenvalue weighted by Crippen LogP contribution is 2.09. The number of benzene rings is 1. The summed E-state index contributed by atoms with van der Waals surface area (Å²) in [6.07, 6.45) is 2.77. The Morgan fingerprint density at radius 1 is 1.41 bits per heavy atom. The van der Waals surface area contributed by atoms with Crippen molar-refractivity contribution >= 4 is 11.3 Å². The standard InChI is InChI=1S/C13H15FN2S/c1-10-8-11(2-3-12(10)14)9-15-5-4-13-16-6-7-17-13/h2-3,6-8,15H,4-5,9H2,1H3. The minimum absolute atomic E-state index is 0.142. The van der Waals surface area contributed by atoms with E-state index in [1.165, 1.54) is 6.07 Å². The number of nitrogens with one attached hydrogen (secondary N) is 1. The minimum Gasteiger partial charge on any atom is -0.312 e. The maximum atomic E-state index is 13.0. The van der Waals surface area contributed by atoms with Gasteiger partial charge in [0.05, 0.1) is 5.01 Å². The molecule has 1 aromatic heterocycles. The Morgan fingerprint density at radius 2 is 2.29 bits per heavy atom. The second kappa shape index (κ2) is 5.89. The number of hydrogen-bond acceptors (Lipinski definition) is 3. The molecule has 0 radical (unpaired) electrons. The molecule has 0 aliphatic heterocycles. The number of aromatic nitrogens is 1. The van der Waals surface area contributed by atoms with Gasteiger partial charge in [-0.1, -0.05) is 12.1 Å². The van der Waals surface area contributed by atoms with Crippen LogP contribution in [0.5, 0.6) is 0 Å². The van der Waals surface area contributed by atoms with Crippen molar-refractivity contribution in [1.29, 1.82) is 0 Å². The summed E-state index contributed by atoms with van der Waals surface area (Å²) in [5.41, 5.74) is 1.81. The average Bonchev–Trinajstić information content (AvgIpc) is 2.82. The third kappa shape index (κ3) is 3.61. The monoisotopic (exact) mass is 250 g/mol. The molecular formula is C13H15FN2S. The highest BCUT2D eigenvalue weighted by Gasteiger charge is 1.99. The van der Waals surface area contributed by atoms with Gasteiger partial charge in [-0.15, -0.1) is 11.3 Å². The number of rotatable bonds is 5. The molecule has 90 valence electrons. The summed E-state index contributed by atoms with van der Waals surface area (Å²) >= 11 is 1.67. The molecule has 0 aliphatic rings. The van der Waals surface area contributed by atoms with E-state index in [-0.39, 0.29) is 5.82 Å². The molecule has 2 aromatic rings. The molecule has 0 aliphatic carbocycles. The van der Waals surface area contributed by atoms with Gasteiger partial charge in [0, 0.05) is 31.1 Å². The molecule has 0 spiro atoms. The van der Waals surface area contributed by atoms with Crippen molar-refractivity contribution in [2.75, 3.05) is 6.54 Å². The minimum atomic E-state index is -0.142. The first kappa shape index (κ1) is 12.2. The fourth-order valence-corrected chi connectivity index (χ4v) is 2.24. The fraction of sp³-hybridized carbons (Fsp3) is 0.308. The lowest BCUT2D eigenvalue weighted by Crippen LogP contribution is -2.16. The van der Waals surface area contributed by atoms with E-state index in [1.807, 2.05) is 23.7 Å². The van der Waals surface area contributed by atoms with E-state index in [0.717, 1.165) is 30.1 Å². The van der Waals surface area contributed by atoms with Gasteiger partial charge in [0.15, 0.2) is 0 Å². The zero-order chi connectivity index (χ0) is 12.1. The van der Waals surface area contributed by atoms with Gasteiger partial charge in [-0.2, -0.15) is 0 Å². The molecule has 4 heteroatoms. The molecule has 0 unspecified atom stereocenters. The second-order valence-corrected chi connectivity index (χ2v) is 4.92. The number of hydrogen-bond donors (Lipinski definition) is 1. The SMILES string of the molecule is Cc1cc(CNCCc2nccs2)ccc1F. The maximum Gasteiger partial charge on any atom is 0.126 e. The first-order valence-electron chi connectivity index (χ1n) is 5.60. The zero-order valence-corrected chi connectivity index (χ0v) is 10.6. The molecule has 1 aromatic carbocycles. The van der Waals surface area contributed by atoms with Crippen LogP contribution in [0.3, 0.4) is 0 Å². The summed E-state index contributed by atoms with van der Waals surface area (Å²) in [6, 6.07) is 5.22. The van der Waals surface area contributed by atoms with Gasteiger partial charge in [-0.25, -0.2) is 9.37 Å². The summed E-state index contributed by atoms with van der Waals surface area (Å²) in [6.45, 7) is 3.45. The second-order valence-electron chi connectivity index (χ2n) is 3.94. The molecule has 0 fully saturated rings. The van der Waals surface area contributed by atoms with Crippen LogP contribution in [-0.4, -0.2) is 11.5 Å². The van der Waals surface area contributed by atoms with Gasteiger partial charge in [0.1, 0.15) is 5.82 Å². The zero-order valence-electron chi connectivity index (χ0n) is 9.74. The summed E-state index contributed by atoms with van der Waals surface area (Å²) in [5.74, 6) is -0.142. The predicted molar refractivity (Wildman–Crippen MR) is 68.7 cm³/mol. The third-order valence-electron chi connectivity index (χ3n) is 2.55. The van der Waals surface area contributed by atoms with Crippen molar-refractivity contribution in [2.45, 2.75) is 19.9 Å². The largest absolute Gasteiger partial charge is 0.312 e. The molecule has 0 saturated carbocycles. The number of halogens is 1. The smallest absolute Gasteiger partial charge is 0.126 e. The van der Waals surface area contributed by atoms with Crippen molar-refractivity contribution < 1.29 is 4.39 Å². The van der Waals surface area contributed by atoms with Gasteiger partial charge in [0.25, 0.3) is 0 Å². The van der Waals surface area contributed by atoms with Crippen LogP contribution in [0.25, 0.3) is 0 Å². The molecule has 2 rings (SSSR count). The van der Waals surface area contributed by atoms with Crippen molar-refractivity contribution in [3.05, 3.63) is 51.7 Å². The Morgan fingerprint density at radius 3 is 3.00 bits per heavy atom. The lowest BCUT2D eigenvalue weighted by molar-refractivity contribution is 0.615. The maximum absolute atomic E-state index is 13.0. The summed E-state index contributed by atoms with van der Waals surface area (Å²) in [4.78, 5) is 4.22. The quantitative estimate of drug-likeness (QED) is 0.825. The Balaban J connectivity index is 1.76. The Bertz CT molecular complexity index is 468. The summed E-state index contributed by atoms with van der Waals surface area (Å²) in [5, 5.41) is 6.46. The highest BCUT2D eigenvalue weighted by molar-refractivity contribution is 7.09.